The van der Waals surface area contributed by atoms with Crippen molar-refractivity contribution >= 4 is 27.8 Å². The number of nitrogens with zero attached hydrogens (tertiary/aromatic N) is 1. The van der Waals surface area contributed by atoms with Gasteiger partial charge >= 0.3 is 0 Å². The molecule has 1 atom stereocenters. The van der Waals surface area contributed by atoms with Crippen LogP contribution in [0.15, 0.2) is 27.7 Å². The molecule has 1 heterocycles. The summed E-state index contributed by atoms with van der Waals surface area (Å²) in [5.41, 5.74) is 2.07. The van der Waals surface area contributed by atoms with Crippen LogP contribution in [0.5, 0.6) is 0 Å². The number of rotatable bonds is 1. The van der Waals surface area contributed by atoms with E-state index in [1.54, 1.807) is 7.05 Å². The summed E-state index contributed by atoms with van der Waals surface area (Å²) in [5, 5.41) is 5.70. The van der Waals surface area contributed by atoms with E-state index in [4.69, 9.17) is 0 Å². The molecule has 1 aromatic carbocycles. The molecule has 84 valence electrons. The van der Waals surface area contributed by atoms with Gasteiger partial charge in [-0.3, -0.25) is 15.1 Å². The molecule has 5 heteroatoms. The first kappa shape index (κ1) is 11.1. The number of hydrogen-bond donors (Lipinski definition) is 2. The quantitative estimate of drug-likeness (QED) is 0.820. The number of carbonyl (C=O) groups is 1. The summed E-state index contributed by atoms with van der Waals surface area (Å²) in [4.78, 5) is 15.6. The Morgan fingerprint density at radius 2 is 2.19 bits per heavy atom. The van der Waals surface area contributed by atoms with Crippen molar-refractivity contribution in [3.05, 3.63) is 33.8 Å². The van der Waals surface area contributed by atoms with Crippen LogP contribution in [0.2, 0.25) is 0 Å². The van der Waals surface area contributed by atoms with E-state index in [0.29, 0.717) is 5.96 Å². The normalized spacial score (nSPS) is 22.1. The SMILES string of the molecule is CN=C1NC(=O)C(c2ccc(C)cc2Br)N1. The minimum absolute atomic E-state index is 0.0786. The molecule has 0 bridgehead atoms. The van der Waals surface area contributed by atoms with Gasteiger partial charge in [-0.25, -0.2) is 0 Å². The molecule has 0 aliphatic carbocycles. The number of hydrogen-bond acceptors (Lipinski definition) is 2. The number of carbonyl (C=O) groups excluding carboxylic acids is 1. The lowest BCUT2D eigenvalue weighted by molar-refractivity contribution is -0.120. The van der Waals surface area contributed by atoms with Crippen LogP contribution < -0.4 is 10.6 Å². The van der Waals surface area contributed by atoms with Gasteiger partial charge in [0.1, 0.15) is 6.04 Å². The number of aliphatic imine (C=N–C) groups is 1. The number of nitrogens with one attached hydrogen (secondary N) is 2. The molecule has 1 aromatic rings. The predicted octanol–water partition coefficient (Wildman–Crippen LogP) is 1.50. The van der Waals surface area contributed by atoms with Gasteiger partial charge in [0.15, 0.2) is 5.96 Å². The van der Waals surface area contributed by atoms with Crippen molar-refractivity contribution < 1.29 is 4.79 Å². The lowest BCUT2D eigenvalue weighted by Crippen LogP contribution is -2.24. The van der Waals surface area contributed by atoms with Crippen molar-refractivity contribution in [3.63, 3.8) is 0 Å². The maximum Gasteiger partial charge on any atom is 0.253 e. The number of aryl methyl sites for hydroxylation is 1. The minimum Gasteiger partial charge on any atom is -0.340 e. The Kier molecular flexibility index (Phi) is 2.96. The first-order valence-electron chi connectivity index (χ1n) is 4.92. The van der Waals surface area contributed by atoms with E-state index in [0.717, 1.165) is 15.6 Å². The average molecular weight is 282 g/mol. The first-order chi connectivity index (χ1) is 7.61. The third-order valence-corrected chi connectivity index (χ3v) is 3.16. The molecule has 1 amide bonds. The van der Waals surface area contributed by atoms with Crippen molar-refractivity contribution in [2.45, 2.75) is 13.0 Å². The molecular formula is C11H12BrN3O. The Morgan fingerprint density at radius 1 is 1.44 bits per heavy atom. The predicted molar refractivity (Wildman–Crippen MR) is 66.3 cm³/mol. The van der Waals surface area contributed by atoms with E-state index in [9.17, 15) is 4.79 Å². The Balaban J connectivity index is 2.35. The van der Waals surface area contributed by atoms with Crippen LogP contribution in [0.25, 0.3) is 0 Å². The van der Waals surface area contributed by atoms with Crippen LogP contribution in [0.3, 0.4) is 0 Å². The molecule has 1 fully saturated rings. The fourth-order valence-corrected chi connectivity index (χ4v) is 2.36. The van der Waals surface area contributed by atoms with E-state index >= 15 is 0 Å². The smallest absolute Gasteiger partial charge is 0.253 e. The second-order valence-corrected chi connectivity index (χ2v) is 4.52. The van der Waals surface area contributed by atoms with Gasteiger partial charge in [0.05, 0.1) is 0 Å². The van der Waals surface area contributed by atoms with Crippen molar-refractivity contribution in [1.29, 1.82) is 0 Å². The third-order valence-electron chi connectivity index (χ3n) is 2.48. The highest BCUT2D eigenvalue weighted by atomic mass is 79.9. The van der Waals surface area contributed by atoms with Crippen molar-refractivity contribution in [2.24, 2.45) is 4.99 Å². The van der Waals surface area contributed by atoms with E-state index in [1.807, 2.05) is 25.1 Å². The Labute approximate surface area is 102 Å². The van der Waals surface area contributed by atoms with Gasteiger partial charge in [-0.1, -0.05) is 28.1 Å². The summed E-state index contributed by atoms with van der Waals surface area (Å²) in [7, 11) is 1.63. The lowest BCUT2D eigenvalue weighted by atomic mass is 10.1. The number of halogens is 1. The highest BCUT2D eigenvalue weighted by molar-refractivity contribution is 9.10. The zero-order valence-electron chi connectivity index (χ0n) is 9.04. The lowest BCUT2D eigenvalue weighted by Gasteiger charge is -2.10. The molecule has 2 N–H and O–H groups in total. The highest BCUT2D eigenvalue weighted by Gasteiger charge is 2.30. The zero-order valence-corrected chi connectivity index (χ0v) is 10.6. The molecule has 0 spiro atoms. The van der Waals surface area contributed by atoms with E-state index in [-0.39, 0.29) is 11.9 Å². The molecule has 1 aliphatic rings. The second kappa shape index (κ2) is 4.25. The summed E-state index contributed by atoms with van der Waals surface area (Å²) in [6.45, 7) is 2.01. The van der Waals surface area contributed by atoms with E-state index < -0.39 is 0 Å². The number of guanidine groups is 1. The summed E-state index contributed by atoms with van der Waals surface area (Å²) in [6, 6.07) is 5.55. The van der Waals surface area contributed by atoms with Crippen LogP contribution in [0.1, 0.15) is 17.2 Å². The molecular weight excluding hydrogens is 270 g/mol. The van der Waals surface area contributed by atoms with Gasteiger partial charge in [-0.05, 0) is 24.1 Å². The van der Waals surface area contributed by atoms with Crippen LogP contribution in [-0.2, 0) is 4.79 Å². The van der Waals surface area contributed by atoms with Gasteiger partial charge in [0, 0.05) is 11.5 Å². The molecule has 16 heavy (non-hydrogen) atoms. The van der Waals surface area contributed by atoms with Crippen molar-refractivity contribution in [2.75, 3.05) is 7.05 Å². The standard InChI is InChI=1S/C11H12BrN3O/c1-6-3-4-7(8(12)5-6)9-10(16)15-11(13-2)14-9/h3-5,9H,1-2H3,(H2,13,14,15,16). The molecule has 0 radical (unpaired) electrons. The summed E-state index contributed by atoms with van der Waals surface area (Å²) >= 11 is 3.47. The molecule has 1 saturated heterocycles. The topological polar surface area (TPSA) is 53.5 Å². The average Bonchev–Trinajstić information content (AvgIpc) is 2.60. The molecule has 2 rings (SSSR count). The van der Waals surface area contributed by atoms with Crippen molar-refractivity contribution in [1.82, 2.24) is 10.6 Å². The van der Waals surface area contributed by atoms with E-state index in [1.165, 1.54) is 0 Å². The van der Waals surface area contributed by atoms with Gasteiger partial charge in [-0.2, -0.15) is 0 Å². The Bertz CT molecular complexity index is 470. The second-order valence-electron chi connectivity index (χ2n) is 3.66. The molecule has 0 aromatic heterocycles. The van der Waals surface area contributed by atoms with Gasteiger partial charge < -0.3 is 5.32 Å². The monoisotopic (exact) mass is 281 g/mol. The molecule has 1 unspecified atom stereocenters. The van der Waals surface area contributed by atoms with Crippen LogP contribution in [-0.4, -0.2) is 18.9 Å². The van der Waals surface area contributed by atoms with Crippen LogP contribution >= 0.6 is 15.9 Å². The van der Waals surface area contributed by atoms with Crippen molar-refractivity contribution in [3.8, 4) is 0 Å². The Morgan fingerprint density at radius 3 is 2.75 bits per heavy atom. The fraction of sp³-hybridized carbons (Fsp3) is 0.273. The highest BCUT2D eigenvalue weighted by Crippen LogP contribution is 2.26. The van der Waals surface area contributed by atoms with Crippen LogP contribution in [0, 0.1) is 6.92 Å². The van der Waals surface area contributed by atoms with Gasteiger partial charge in [0.25, 0.3) is 5.91 Å². The minimum atomic E-state index is -0.367. The van der Waals surface area contributed by atoms with Gasteiger partial charge in [0.2, 0.25) is 0 Å². The fourth-order valence-electron chi connectivity index (χ4n) is 1.63. The summed E-state index contributed by atoms with van der Waals surface area (Å²) in [6.07, 6.45) is 0. The summed E-state index contributed by atoms with van der Waals surface area (Å²) < 4.78 is 0.928. The maximum atomic E-state index is 11.7. The Hall–Kier alpha value is -1.36. The first-order valence-corrected chi connectivity index (χ1v) is 5.71. The summed E-state index contributed by atoms with van der Waals surface area (Å²) in [5.74, 6) is 0.438. The third kappa shape index (κ3) is 1.95. The maximum absolute atomic E-state index is 11.7. The number of benzene rings is 1. The van der Waals surface area contributed by atoms with Crippen LogP contribution in [0.4, 0.5) is 0 Å². The molecule has 1 aliphatic heterocycles. The zero-order chi connectivity index (χ0) is 11.7. The number of amides is 1. The largest absolute Gasteiger partial charge is 0.340 e. The van der Waals surface area contributed by atoms with E-state index in [2.05, 4.69) is 31.6 Å². The molecule has 0 saturated carbocycles. The molecule has 4 nitrogen and oxygen atoms in total. The van der Waals surface area contributed by atoms with Gasteiger partial charge in [-0.15, -0.1) is 0 Å².